The number of carbonyl (C=O) groups excluding carboxylic acids is 1. The fourth-order valence-corrected chi connectivity index (χ4v) is 5.03. The van der Waals surface area contributed by atoms with Crippen LogP contribution >= 0.6 is 0 Å². The van der Waals surface area contributed by atoms with Crippen LogP contribution in [0.4, 0.5) is 5.69 Å². The number of benzene rings is 1. The molecule has 0 spiro atoms. The van der Waals surface area contributed by atoms with Crippen molar-refractivity contribution in [2.45, 2.75) is 30.7 Å². The zero-order valence-corrected chi connectivity index (χ0v) is 16.4. The van der Waals surface area contributed by atoms with Gasteiger partial charge in [0.1, 0.15) is 0 Å². The molecule has 0 radical (unpaired) electrons. The predicted molar refractivity (Wildman–Crippen MR) is 101 cm³/mol. The molecule has 2 aromatic rings. The molecule has 3 heterocycles. The summed E-state index contributed by atoms with van der Waals surface area (Å²) in [6.07, 6.45) is 5.06. The summed E-state index contributed by atoms with van der Waals surface area (Å²) in [6.45, 7) is 1.03. The lowest BCUT2D eigenvalue weighted by Crippen LogP contribution is -2.33. The standard InChI is InChI=1S/C18H22N4O5S/c1-21-11-14(17(23)19-13-6-7-15-16(10-13)27-12-26-15)18(20-21)28(24,25)22-8-4-2-3-5-9-22/h6-7,10-11H,2-5,8-9,12H2,1H3,(H,19,23). The molecular weight excluding hydrogens is 384 g/mol. The van der Waals surface area contributed by atoms with Gasteiger partial charge in [0.05, 0.1) is 5.56 Å². The number of ether oxygens (including phenoxy) is 2. The molecular formula is C18H22N4O5S. The van der Waals surface area contributed by atoms with Gasteiger partial charge in [0, 0.05) is 38.1 Å². The molecule has 1 fully saturated rings. The summed E-state index contributed by atoms with van der Waals surface area (Å²) in [5.74, 6) is 0.588. The second-order valence-corrected chi connectivity index (χ2v) is 8.72. The van der Waals surface area contributed by atoms with Gasteiger partial charge in [-0.15, -0.1) is 0 Å². The summed E-state index contributed by atoms with van der Waals surface area (Å²) < 4.78 is 39.6. The second-order valence-electron chi connectivity index (χ2n) is 6.86. The zero-order valence-electron chi connectivity index (χ0n) is 15.6. The highest BCUT2D eigenvalue weighted by atomic mass is 32.2. The Morgan fingerprint density at radius 1 is 1.11 bits per heavy atom. The first-order valence-corrected chi connectivity index (χ1v) is 10.6. The number of nitrogens with zero attached hydrogens (tertiary/aromatic N) is 3. The lowest BCUT2D eigenvalue weighted by Gasteiger charge is -2.19. The van der Waals surface area contributed by atoms with Gasteiger partial charge < -0.3 is 14.8 Å². The van der Waals surface area contributed by atoms with Gasteiger partial charge in [0.25, 0.3) is 15.9 Å². The lowest BCUT2D eigenvalue weighted by molar-refractivity contribution is 0.102. The molecule has 1 saturated heterocycles. The molecule has 28 heavy (non-hydrogen) atoms. The Bertz CT molecular complexity index is 993. The maximum Gasteiger partial charge on any atom is 0.263 e. The van der Waals surface area contributed by atoms with Crippen molar-refractivity contribution in [1.29, 1.82) is 0 Å². The maximum atomic E-state index is 13.1. The van der Waals surface area contributed by atoms with E-state index in [1.807, 2.05) is 0 Å². The van der Waals surface area contributed by atoms with Crippen LogP contribution < -0.4 is 14.8 Å². The second kappa shape index (κ2) is 7.44. The number of hydrogen-bond donors (Lipinski definition) is 1. The normalized spacial score (nSPS) is 17.3. The predicted octanol–water partition coefficient (Wildman–Crippen LogP) is 1.97. The Morgan fingerprint density at radius 2 is 1.82 bits per heavy atom. The van der Waals surface area contributed by atoms with E-state index in [1.165, 1.54) is 15.2 Å². The van der Waals surface area contributed by atoms with Crippen LogP contribution in [0.3, 0.4) is 0 Å². The Kier molecular flexibility index (Phi) is 4.98. The minimum Gasteiger partial charge on any atom is -0.454 e. The molecule has 1 amide bonds. The highest BCUT2D eigenvalue weighted by molar-refractivity contribution is 7.89. The number of nitrogens with one attached hydrogen (secondary N) is 1. The number of anilines is 1. The first kappa shape index (κ1) is 18.8. The first-order valence-electron chi connectivity index (χ1n) is 9.20. The highest BCUT2D eigenvalue weighted by Gasteiger charge is 2.32. The van der Waals surface area contributed by atoms with E-state index in [2.05, 4.69) is 10.4 Å². The number of rotatable bonds is 4. The third-order valence-electron chi connectivity index (χ3n) is 4.82. The van der Waals surface area contributed by atoms with Crippen molar-refractivity contribution in [2.75, 3.05) is 25.2 Å². The first-order chi connectivity index (χ1) is 13.4. The fourth-order valence-electron chi connectivity index (χ4n) is 3.39. The molecule has 1 aromatic heterocycles. The van der Waals surface area contributed by atoms with Crippen molar-refractivity contribution >= 4 is 21.6 Å². The molecule has 1 N–H and O–H groups in total. The van der Waals surface area contributed by atoms with Gasteiger partial charge in [-0.1, -0.05) is 12.8 Å². The van der Waals surface area contributed by atoms with E-state index in [-0.39, 0.29) is 17.4 Å². The molecule has 0 aliphatic carbocycles. The summed E-state index contributed by atoms with van der Waals surface area (Å²) in [4.78, 5) is 12.8. The Hall–Kier alpha value is -2.59. The summed E-state index contributed by atoms with van der Waals surface area (Å²) >= 11 is 0. The Morgan fingerprint density at radius 3 is 2.57 bits per heavy atom. The number of hydrogen-bond acceptors (Lipinski definition) is 6. The van der Waals surface area contributed by atoms with Gasteiger partial charge in [-0.2, -0.15) is 9.40 Å². The van der Waals surface area contributed by atoms with Crippen LogP contribution in [0, 0.1) is 0 Å². The average Bonchev–Trinajstić information content (AvgIpc) is 3.19. The largest absolute Gasteiger partial charge is 0.454 e. The molecule has 2 aliphatic rings. The van der Waals surface area contributed by atoms with Crippen LogP contribution in [-0.2, 0) is 17.1 Å². The molecule has 150 valence electrons. The van der Waals surface area contributed by atoms with Crippen LogP contribution in [-0.4, -0.2) is 48.3 Å². The van der Waals surface area contributed by atoms with Crippen LogP contribution in [0.2, 0.25) is 0 Å². The van der Waals surface area contributed by atoms with Crippen LogP contribution in [0.1, 0.15) is 36.0 Å². The SMILES string of the molecule is Cn1cc(C(=O)Nc2ccc3c(c2)OCO3)c(S(=O)(=O)N2CCCCCC2)n1. The number of amides is 1. The third kappa shape index (κ3) is 3.57. The summed E-state index contributed by atoms with van der Waals surface area (Å²) in [6, 6.07) is 5.00. The van der Waals surface area contributed by atoms with E-state index in [0.29, 0.717) is 30.3 Å². The maximum absolute atomic E-state index is 13.1. The molecule has 2 aliphatic heterocycles. The molecule has 1 aromatic carbocycles. The molecule has 0 unspecified atom stereocenters. The highest BCUT2D eigenvalue weighted by Crippen LogP contribution is 2.34. The van der Waals surface area contributed by atoms with Crippen molar-refractivity contribution in [1.82, 2.24) is 14.1 Å². The van der Waals surface area contributed by atoms with Crippen molar-refractivity contribution < 1.29 is 22.7 Å². The smallest absolute Gasteiger partial charge is 0.263 e. The van der Waals surface area contributed by atoms with Gasteiger partial charge in [0.2, 0.25) is 11.8 Å². The summed E-state index contributed by atoms with van der Waals surface area (Å²) in [5, 5.41) is 6.60. The van der Waals surface area contributed by atoms with Crippen molar-refractivity contribution in [3.8, 4) is 11.5 Å². The monoisotopic (exact) mass is 406 g/mol. The summed E-state index contributed by atoms with van der Waals surface area (Å²) in [5.41, 5.74) is 0.501. The number of fused-ring (bicyclic) bond motifs is 1. The number of aryl methyl sites for hydroxylation is 1. The van der Waals surface area contributed by atoms with Crippen LogP contribution in [0.15, 0.2) is 29.4 Å². The van der Waals surface area contributed by atoms with Crippen LogP contribution in [0.25, 0.3) is 0 Å². The van der Waals surface area contributed by atoms with E-state index < -0.39 is 15.9 Å². The van der Waals surface area contributed by atoms with E-state index in [9.17, 15) is 13.2 Å². The van der Waals surface area contributed by atoms with Gasteiger partial charge in [0.15, 0.2) is 11.5 Å². The summed E-state index contributed by atoms with van der Waals surface area (Å²) in [7, 11) is -2.25. The Balaban J connectivity index is 1.61. The minimum absolute atomic E-state index is 0.0180. The third-order valence-corrected chi connectivity index (χ3v) is 6.65. The molecule has 10 heteroatoms. The minimum atomic E-state index is -3.85. The molecule has 9 nitrogen and oxygen atoms in total. The van der Waals surface area contributed by atoms with E-state index in [1.54, 1.807) is 25.2 Å². The fraction of sp³-hybridized carbons (Fsp3) is 0.444. The molecule has 0 atom stereocenters. The number of aromatic nitrogens is 2. The van der Waals surface area contributed by atoms with E-state index >= 15 is 0 Å². The molecule has 4 rings (SSSR count). The molecule has 0 saturated carbocycles. The number of carbonyl (C=O) groups is 1. The van der Waals surface area contributed by atoms with Gasteiger partial charge in [-0.05, 0) is 25.0 Å². The van der Waals surface area contributed by atoms with Crippen molar-refractivity contribution in [3.63, 3.8) is 0 Å². The van der Waals surface area contributed by atoms with Crippen molar-refractivity contribution in [3.05, 3.63) is 30.0 Å². The average molecular weight is 406 g/mol. The quantitative estimate of drug-likeness (QED) is 0.833. The Labute approximate surface area is 163 Å². The zero-order chi connectivity index (χ0) is 19.7. The number of sulfonamides is 1. The van der Waals surface area contributed by atoms with E-state index in [0.717, 1.165) is 25.7 Å². The van der Waals surface area contributed by atoms with Crippen LogP contribution in [0.5, 0.6) is 11.5 Å². The molecule has 0 bridgehead atoms. The van der Waals surface area contributed by atoms with Gasteiger partial charge >= 0.3 is 0 Å². The van der Waals surface area contributed by atoms with Gasteiger partial charge in [-0.3, -0.25) is 9.48 Å². The topological polar surface area (TPSA) is 103 Å². The van der Waals surface area contributed by atoms with Crippen molar-refractivity contribution in [2.24, 2.45) is 7.05 Å². The lowest BCUT2D eigenvalue weighted by atomic mass is 10.2. The van der Waals surface area contributed by atoms with Gasteiger partial charge in [-0.25, -0.2) is 8.42 Å². The van der Waals surface area contributed by atoms with E-state index in [4.69, 9.17) is 9.47 Å².